The molecule has 1 unspecified atom stereocenters. The Kier molecular flexibility index (Phi) is 4.23. The number of benzene rings is 5. The maximum Gasteiger partial charge on any atom is 0.244 e. The third-order valence-corrected chi connectivity index (χ3v) is 7.80. The van der Waals surface area contributed by atoms with Crippen molar-refractivity contribution in [3.8, 4) is 16.9 Å². The van der Waals surface area contributed by atoms with E-state index in [0.29, 0.717) is 0 Å². The standard InChI is InChI=1S/C33H22N4O/c38-32-33(25-17-9-10-18-27(25)34-32)26-20-19-21-11-7-8-16-24(21)30(26)35-31-28(33)29(22-12-3-1-4-13-22)36-37(31)23-14-5-2-6-15-23/h1-20,35H,(H,34,38). The molecule has 5 aromatic carbocycles. The van der Waals surface area contributed by atoms with Gasteiger partial charge in [0, 0.05) is 33.3 Å². The first kappa shape index (κ1) is 21.0. The van der Waals surface area contributed by atoms with Crippen LogP contribution in [0.5, 0.6) is 0 Å². The molecule has 1 aromatic heterocycles. The summed E-state index contributed by atoms with van der Waals surface area (Å²) < 4.78 is 1.94. The first-order valence-corrected chi connectivity index (χ1v) is 12.7. The van der Waals surface area contributed by atoms with Gasteiger partial charge in [-0.05, 0) is 23.6 Å². The number of anilines is 3. The molecule has 3 heterocycles. The van der Waals surface area contributed by atoms with E-state index >= 15 is 0 Å². The third kappa shape index (κ3) is 2.65. The van der Waals surface area contributed by atoms with Gasteiger partial charge >= 0.3 is 0 Å². The highest BCUT2D eigenvalue weighted by Crippen LogP contribution is 2.58. The average Bonchev–Trinajstić information content (AvgIpc) is 3.50. The molecular weight excluding hydrogens is 468 g/mol. The SMILES string of the molecule is O=C1Nc2ccccc2C12c1ccc3ccccc3c1Nc1c2c(-c2ccccc2)nn1-c1ccccc1. The van der Waals surface area contributed by atoms with Gasteiger partial charge in [0.1, 0.15) is 11.2 Å². The molecule has 0 fully saturated rings. The predicted molar refractivity (Wildman–Crippen MR) is 151 cm³/mol. The maximum absolute atomic E-state index is 14.4. The molecule has 0 saturated heterocycles. The van der Waals surface area contributed by atoms with Crippen molar-refractivity contribution in [1.82, 2.24) is 9.78 Å². The minimum Gasteiger partial charge on any atom is -0.339 e. The summed E-state index contributed by atoms with van der Waals surface area (Å²) in [6, 6.07) is 40.7. The van der Waals surface area contributed by atoms with Gasteiger partial charge in [-0.2, -0.15) is 5.10 Å². The molecule has 8 rings (SSSR count). The van der Waals surface area contributed by atoms with E-state index in [1.807, 2.05) is 83.5 Å². The van der Waals surface area contributed by atoms with E-state index in [1.54, 1.807) is 0 Å². The molecule has 5 nitrogen and oxygen atoms in total. The van der Waals surface area contributed by atoms with Crippen LogP contribution in [0.2, 0.25) is 0 Å². The number of rotatable bonds is 2. The monoisotopic (exact) mass is 490 g/mol. The summed E-state index contributed by atoms with van der Waals surface area (Å²) in [7, 11) is 0. The lowest BCUT2D eigenvalue weighted by Gasteiger charge is -2.36. The van der Waals surface area contributed by atoms with Crippen LogP contribution < -0.4 is 10.6 Å². The third-order valence-electron chi connectivity index (χ3n) is 7.80. The highest BCUT2D eigenvalue weighted by atomic mass is 16.2. The van der Waals surface area contributed by atoms with Gasteiger partial charge in [0.2, 0.25) is 5.91 Å². The number of hydrogen-bond donors (Lipinski definition) is 2. The number of carbonyl (C=O) groups is 1. The lowest BCUT2D eigenvalue weighted by molar-refractivity contribution is -0.118. The van der Waals surface area contributed by atoms with E-state index in [-0.39, 0.29) is 5.91 Å². The van der Waals surface area contributed by atoms with E-state index < -0.39 is 5.41 Å². The van der Waals surface area contributed by atoms with Crippen LogP contribution in [0.25, 0.3) is 27.7 Å². The number of hydrogen-bond acceptors (Lipinski definition) is 3. The lowest BCUT2D eigenvalue weighted by atomic mass is 9.67. The molecule has 1 atom stereocenters. The van der Waals surface area contributed by atoms with Crippen LogP contribution in [0.1, 0.15) is 16.7 Å². The summed E-state index contributed by atoms with van der Waals surface area (Å²) in [5.41, 5.74) is 6.07. The van der Waals surface area contributed by atoms with Crippen molar-refractivity contribution in [3.05, 3.63) is 138 Å². The zero-order valence-corrected chi connectivity index (χ0v) is 20.3. The normalized spacial score (nSPS) is 17.0. The fourth-order valence-corrected chi connectivity index (χ4v) is 6.19. The molecule has 38 heavy (non-hydrogen) atoms. The number of nitrogens with zero attached hydrogens (tertiary/aromatic N) is 2. The molecule has 1 spiro atoms. The molecule has 0 saturated carbocycles. The van der Waals surface area contributed by atoms with Crippen molar-refractivity contribution in [2.24, 2.45) is 0 Å². The summed E-state index contributed by atoms with van der Waals surface area (Å²) in [5, 5.41) is 14.3. The molecule has 2 N–H and O–H groups in total. The summed E-state index contributed by atoms with van der Waals surface area (Å²) in [6.45, 7) is 0. The number of para-hydroxylation sites is 2. The van der Waals surface area contributed by atoms with Crippen molar-refractivity contribution < 1.29 is 4.79 Å². The number of fused-ring (bicyclic) bond motifs is 8. The Balaban J connectivity index is 1.57. The van der Waals surface area contributed by atoms with E-state index in [4.69, 9.17) is 5.10 Å². The van der Waals surface area contributed by atoms with Crippen LogP contribution >= 0.6 is 0 Å². The molecule has 1 amide bonds. The molecule has 0 aliphatic carbocycles. The first-order chi connectivity index (χ1) is 18.8. The Morgan fingerprint density at radius 1 is 0.658 bits per heavy atom. The number of aromatic nitrogens is 2. The van der Waals surface area contributed by atoms with Crippen LogP contribution in [0, 0.1) is 0 Å². The van der Waals surface area contributed by atoms with Crippen molar-refractivity contribution in [3.63, 3.8) is 0 Å². The van der Waals surface area contributed by atoms with Gasteiger partial charge in [-0.3, -0.25) is 4.79 Å². The molecular formula is C33H22N4O. The highest BCUT2D eigenvalue weighted by molar-refractivity contribution is 6.17. The van der Waals surface area contributed by atoms with E-state index in [1.165, 1.54) is 0 Å². The van der Waals surface area contributed by atoms with E-state index in [2.05, 4.69) is 53.1 Å². The predicted octanol–water partition coefficient (Wildman–Crippen LogP) is 7.04. The Bertz CT molecular complexity index is 1890. The zero-order chi connectivity index (χ0) is 25.3. The topological polar surface area (TPSA) is 59.0 Å². The highest BCUT2D eigenvalue weighted by Gasteiger charge is 2.56. The minimum atomic E-state index is -1.07. The second-order valence-electron chi connectivity index (χ2n) is 9.77. The van der Waals surface area contributed by atoms with Gasteiger partial charge in [-0.1, -0.05) is 103 Å². The molecule has 2 aliphatic rings. The van der Waals surface area contributed by atoms with Gasteiger partial charge < -0.3 is 10.6 Å². The minimum absolute atomic E-state index is 0.0669. The Hall–Kier alpha value is -5.16. The summed E-state index contributed by atoms with van der Waals surface area (Å²) >= 11 is 0. The van der Waals surface area contributed by atoms with Crippen LogP contribution in [0.15, 0.2) is 121 Å². The molecule has 0 bridgehead atoms. The quantitative estimate of drug-likeness (QED) is 0.274. The van der Waals surface area contributed by atoms with Gasteiger partial charge in [0.15, 0.2) is 0 Å². The zero-order valence-electron chi connectivity index (χ0n) is 20.3. The Morgan fingerprint density at radius 3 is 2.21 bits per heavy atom. The smallest absolute Gasteiger partial charge is 0.244 e. The Morgan fingerprint density at radius 2 is 1.37 bits per heavy atom. The fraction of sp³-hybridized carbons (Fsp3) is 0.0303. The number of carbonyl (C=O) groups excluding carboxylic acids is 1. The van der Waals surface area contributed by atoms with E-state index in [9.17, 15) is 4.79 Å². The van der Waals surface area contributed by atoms with Crippen LogP contribution in [-0.2, 0) is 10.2 Å². The summed E-state index contributed by atoms with van der Waals surface area (Å²) in [6.07, 6.45) is 0. The molecule has 5 heteroatoms. The fourth-order valence-electron chi connectivity index (χ4n) is 6.19. The summed E-state index contributed by atoms with van der Waals surface area (Å²) in [4.78, 5) is 14.4. The van der Waals surface area contributed by atoms with Crippen LogP contribution in [-0.4, -0.2) is 15.7 Å². The summed E-state index contributed by atoms with van der Waals surface area (Å²) in [5.74, 6) is 0.730. The van der Waals surface area contributed by atoms with Gasteiger partial charge in [0.25, 0.3) is 0 Å². The average molecular weight is 491 g/mol. The van der Waals surface area contributed by atoms with Crippen molar-refractivity contribution in [2.75, 3.05) is 10.6 Å². The van der Waals surface area contributed by atoms with Crippen molar-refractivity contribution in [1.29, 1.82) is 0 Å². The second-order valence-corrected chi connectivity index (χ2v) is 9.77. The number of nitrogens with one attached hydrogen (secondary N) is 2. The maximum atomic E-state index is 14.4. The van der Waals surface area contributed by atoms with Gasteiger partial charge in [-0.15, -0.1) is 0 Å². The van der Waals surface area contributed by atoms with Crippen LogP contribution in [0.3, 0.4) is 0 Å². The lowest BCUT2D eigenvalue weighted by Crippen LogP contribution is -2.40. The first-order valence-electron chi connectivity index (χ1n) is 12.7. The number of amides is 1. The van der Waals surface area contributed by atoms with Crippen molar-refractivity contribution in [2.45, 2.75) is 5.41 Å². The molecule has 6 aromatic rings. The largest absolute Gasteiger partial charge is 0.339 e. The second kappa shape index (κ2) is 7.67. The molecule has 2 aliphatic heterocycles. The molecule has 0 radical (unpaired) electrons. The van der Waals surface area contributed by atoms with E-state index in [0.717, 1.165) is 61.6 Å². The Labute approximate surface area is 219 Å². The van der Waals surface area contributed by atoms with Crippen LogP contribution in [0.4, 0.5) is 17.2 Å². The van der Waals surface area contributed by atoms with Gasteiger partial charge in [-0.25, -0.2) is 4.68 Å². The van der Waals surface area contributed by atoms with Crippen molar-refractivity contribution >= 4 is 33.9 Å². The van der Waals surface area contributed by atoms with Gasteiger partial charge in [0.05, 0.1) is 17.1 Å². The molecule has 180 valence electrons.